The Hall–Kier alpha value is -2.87. The number of nitrogens with one attached hydrogen (secondary N) is 1. The van der Waals surface area contributed by atoms with Crippen LogP contribution in [0.5, 0.6) is 11.5 Å². The minimum absolute atomic E-state index is 0.0460. The van der Waals surface area contributed by atoms with Crippen LogP contribution >= 0.6 is 0 Å². The summed E-state index contributed by atoms with van der Waals surface area (Å²) in [5.74, 6) is -0.333. The van der Waals surface area contributed by atoms with Crippen LogP contribution in [0, 0.1) is 6.92 Å². The molecule has 1 saturated heterocycles. The van der Waals surface area contributed by atoms with Crippen LogP contribution in [-0.2, 0) is 4.79 Å². The summed E-state index contributed by atoms with van der Waals surface area (Å²) in [5, 5.41) is 2.72. The number of piperazine rings is 1. The summed E-state index contributed by atoms with van der Waals surface area (Å²) in [7, 11) is 0. The predicted octanol–water partition coefficient (Wildman–Crippen LogP) is 3.08. The second-order valence-electron chi connectivity index (χ2n) is 6.93. The van der Waals surface area contributed by atoms with Gasteiger partial charge < -0.3 is 19.7 Å². The van der Waals surface area contributed by atoms with Crippen molar-refractivity contribution >= 4 is 17.3 Å². The number of anilines is 2. The SMILES string of the molecule is Cc1ccccc1N1CCN(CC(=O)Nc2ccc3c(c2)OC(F)(F)O3)CC1. The number of hydrogen-bond acceptors (Lipinski definition) is 5. The maximum absolute atomic E-state index is 13.1. The first-order valence-corrected chi connectivity index (χ1v) is 9.12. The fourth-order valence-corrected chi connectivity index (χ4v) is 3.50. The minimum atomic E-state index is -3.66. The van der Waals surface area contributed by atoms with Crippen molar-refractivity contribution in [1.29, 1.82) is 0 Å². The molecule has 2 aromatic carbocycles. The second kappa shape index (κ2) is 7.27. The molecule has 0 bridgehead atoms. The van der Waals surface area contributed by atoms with E-state index >= 15 is 0 Å². The average Bonchev–Trinajstić information content (AvgIpc) is 2.96. The molecule has 6 nitrogen and oxygen atoms in total. The molecule has 148 valence electrons. The van der Waals surface area contributed by atoms with E-state index < -0.39 is 6.29 Å². The van der Waals surface area contributed by atoms with E-state index in [9.17, 15) is 13.6 Å². The van der Waals surface area contributed by atoms with E-state index in [0.29, 0.717) is 5.69 Å². The second-order valence-corrected chi connectivity index (χ2v) is 6.93. The molecule has 1 amide bonds. The lowest BCUT2D eigenvalue weighted by Gasteiger charge is -2.36. The van der Waals surface area contributed by atoms with Gasteiger partial charge in [0, 0.05) is 43.6 Å². The lowest BCUT2D eigenvalue weighted by molar-refractivity contribution is -0.286. The van der Waals surface area contributed by atoms with Crippen molar-refractivity contribution in [1.82, 2.24) is 4.90 Å². The number of hydrogen-bond donors (Lipinski definition) is 1. The quantitative estimate of drug-likeness (QED) is 0.871. The number of amides is 1. The zero-order chi connectivity index (χ0) is 19.7. The molecule has 2 heterocycles. The summed E-state index contributed by atoms with van der Waals surface area (Å²) in [6.07, 6.45) is -3.66. The molecule has 2 aliphatic heterocycles. The van der Waals surface area contributed by atoms with E-state index in [1.165, 1.54) is 29.4 Å². The van der Waals surface area contributed by atoms with Crippen LogP contribution in [0.4, 0.5) is 20.2 Å². The van der Waals surface area contributed by atoms with Crippen LogP contribution < -0.4 is 19.7 Å². The van der Waals surface area contributed by atoms with Gasteiger partial charge in [0.25, 0.3) is 0 Å². The van der Waals surface area contributed by atoms with Gasteiger partial charge in [-0.2, -0.15) is 0 Å². The Labute approximate surface area is 161 Å². The maximum atomic E-state index is 13.1. The summed E-state index contributed by atoms with van der Waals surface area (Å²) < 4.78 is 34.9. The fourth-order valence-electron chi connectivity index (χ4n) is 3.50. The number of para-hydroxylation sites is 1. The van der Waals surface area contributed by atoms with E-state index in [1.807, 2.05) is 12.1 Å². The van der Waals surface area contributed by atoms with Gasteiger partial charge in [-0.3, -0.25) is 9.69 Å². The molecule has 28 heavy (non-hydrogen) atoms. The van der Waals surface area contributed by atoms with Crippen LogP contribution in [0.1, 0.15) is 5.56 Å². The molecule has 0 radical (unpaired) electrons. The first kappa shape index (κ1) is 18.5. The topological polar surface area (TPSA) is 54.0 Å². The third-order valence-corrected chi connectivity index (χ3v) is 4.88. The molecule has 1 N–H and O–H groups in total. The molecule has 0 saturated carbocycles. The third kappa shape index (κ3) is 4.01. The smallest absolute Gasteiger partial charge is 0.395 e. The number of rotatable bonds is 4. The molecular weight excluding hydrogens is 368 g/mol. The van der Waals surface area contributed by atoms with Gasteiger partial charge in [-0.1, -0.05) is 18.2 Å². The van der Waals surface area contributed by atoms with Crippen molar-refractivity contribution < 1.29 is 23.0 Å². The number of benzene rings is 2. The summed E-state index contributed by atoms with van der Waals surface area (Å²) in [4.78, 5) is 16.7. The van der Waals surface area contributed by atoms with Crippen LogP contribution in [0.15, 0.2) is 42.5 Å². The Morgan fingerprint density at radius 3 is 2.54 bits per heavy atom. The summed E-state index contributed by atoms with van der Waals surface area (Å²) >= 11 is 0. The highest BCUT2D eigenvalue weighted by Gasteiger charge is 2.43. The molecule has 0 atom stereocenters. The van der Waals surface area contributed by atoms with Gasteiger partial charge in [0.15, 0.2) is 11.5 Å². The number of aryl methyl sites for hydroxylation is 1. The van der Waals surface area contributed by atoms with E-state index in [2.05, 4.69) is 43.6 Å². The molecule has 2 aliphatic rings. The normalized spacial score (nSPS) is 18.2. The van der Waals surface area contributed by atoms with E-state index in [-0.39, 0.29) is 24.0 Å². The summed E-state index contributed by atoms with van der Waals surface area (Å²) in [5.41, 5.74) is 2.86. The third-order valence-electron chi connectivity index (χ3n) is 4.88. The number of halogens is 2. The molecule has 0 unspecified atom stereocenters. The highest BCUT2D eigenvalue weighted by Crippen LogP contribution is 2.42. The van der Waals surface area contributed by atoms with Gasteiger partial charge in [-0.25, -0.2) is 0 Å². The molecule has 0 spiro atoms. The first-order valence-electron chi connectivity index (χ1n) is 9.12. The monoisotopic (exact) mass is 389 g/mol. The molecule has 2 aromatic rings. The van der Waals surface area contributed by atoms with Crippen molar-refractivity contribution in [2.24, 2.45) is 0 Å². The van der Waals surface area contributed by atoms with E-state index in [4.69, 9.17) is 0 Å². The van der Waals surface area contributed by atoms with Gasteiger partial charge in [-0.05, 0) is 30.7 Å². The highest BCUT2D eigenvalue weighted by molar-refractivity contribution is 5.92. The zero-order valence-corrected chi connectivity index (χ0v) is 15.5. The zero-order valence-electron chi connectivity index (χ0n) is 15.5. The van der Waals surface area contributed by atoms with E-state index in [1.54, 1.807) is 0 Å². The number of ether oxygens (including phenoxy) is 2. The van der Waals surface area contributed by atoms with Crippen molar-refractivity contribution in [3.8, 4) is 11.5 Å². The standard InChI is InChI=1S/C20H21F2N3O3/c1-14-4-2-3-5-16(14)25-10-8-24(9-11-25)13-19(26)23-15-6-7-17-18(12-15)28-20(21,22)27-17/h2-7,12H,8-11,13H2,1H3,(H,23,26). The lowest BCUT2D eigenvalue weighted by atomic mass is 10.1. The predicted molar refractivity (Wildman–Crippen MR) is 101 cm³/mol. The molecular formula is C20H21F2N3O3. The number of nitrogens with zero attached hydrogens (tertiary/aromatic N) is 2. The molecule has 0 aliphatic carbocycles. The van der Waals surface area contributed by atoms with Gasteiger partial charge in [0.2, 0.25) is 5.91 Å². The van der Waals surface area contributed by atoms with Crippen LogP contribution in [0.3, 0.4) is 0 Å². The fraction of sp³-hybridized carbons (Fsp3) is 0.350. The van der Waals surface area contributed by atoms with Crippen molar-refractivity contribution in [3.05, 3.63) is 48.0 Å². The highest BCUT2D eigenvalue weighted by atomic mass is 19.3. The number of alkyl halides is 2. The van der Waals surface area contributed by atoms with Crippen molar-refractivity contribution in [2.45, 2.75) is 13.2 Å². The number of fused-ring (bicyclic) bond motifs is 1. The Kier molecular flexibility index (Phi) is 4.80. The Balaban J connectivity index is 1.29. The van der Waals surface area contributed by atoms with E-state index in [0.717, 1.165) is 26.2 Å². The molecule has 8 heteroatoms. The Morgan fingerprint density at radius 1 is 1.07 bits per heavy atom. The lowest BCUT2D eigenvalue weighted by Crippen LogP contribution is -2.48. The average molecular weight is 389 g/mol. The van der Waals surface area contributed by atoms with Crippen LogP contribution in [0.25, 0.3) is 0 Å². The number of carbonyl (C=O) groups is 1. The van der Waals surface area contributed by atoms with Crippen molar-refractivity contribution in [3.63, 3.8) is 0 Å². The Bertz CT molecular complexity index is 883. The van der Waals surface area contributed by atoms with Gasteiger partial charge in [0.1, 0.15) is 0 Å². The van der Waals surface area contributed by atoms with Gasteiger partial charge in [0.05, 0.1) is 6.54 Å². The molecule has 1 fully saturated rings. The minimum Gasteiger partial charge on any atom is -0.395 e. The van der Waals surface area contributed by atoms with Crippen LogP contribution in [0.2, 0.25) is 0 Å². The molecule has 4 rings (SSSR count). The summed E-state index contributed by atoms with van der Waals surface area (Å²) in [6.45, 7) is 5.57. The summed E-state index contributed by atoms with van der Waals surface area (Å²) in [6, 6.07) is 12.5. The number of carbonyl (C=O) groups excluding carboxylic acids is 1. The first-order chi connectivity index (χ1) is 13.4. The van der Waals surface area contributed by atoms with Gasteiger partial charge >= 0.3 is 6.29 Å². The van der Waals surface area contributed by atoms with Crippen LogP contribution in [-0.4, -0.2) is 49.8 Å². The molecule has 0 aromatic heterocycles. The Morgan fingerprint density at radius 2 is 1.79 bits per heavy atom. The maximum Gasteiger partial charge on any atom is 0.586 e. The van der Waals surface area contributed by atoms with Gasteiger partial charge in [-0.15, -0.1) is 8.78 Å². The largest absolute Gasteiger partial charge is 0.586 e. The van der Waals surface area contributed by atoms with Crippen molar-refractivity contribution in [2.75, 3.05) is 42.9 Å².